The molecular weight excluding hydrogens is 236 g/mol. The quantitative estimate of drug-likeness (QED) is 0.893. The van der Waals surface area contributed by atoms with Crippen molar-refractivity contribution in [2.45, 2.75) is 26.7 Å². The molecule has 0 amide bonds. The monoisotopic (exact) mass is 254 g/mol. The van der Waals surface area contributed by atoms with Gasteiger partial charge in [-0.3, -0.25) is 0 Å². The molecule has 0 spiro atoms. The molecule has 0 bridgehead atoms. The molecule has 0 aliphatic heterocycles. The molecule has 2 aromatic rings. The van der Waals surface area contributed by atoms with Crippen LogP contribution < -0.4 is 0 Å². The molecule has 2 heteroatoms. The Morgan fingerprint density at radius 3 is 2.26 bits per heavy atom. The third-order valence-electron chi connectivity index (χ3n) is 3.73. The summed E-state index contributed by atoms with van der Waals surface area (Å²) in [6.45, 7) is 6.09. The van der Waals surface area contributed by atoms with Gasteiger partial charge >= 0.3 is 5.97 Å². The highest BCUT2D eigenvalue weighted by atomic mass is 16.4. The van der Waals surface area contributed by atoms with Gasteiger partial charge in [-0.1, -0.05) is 43.3 Å². The first-order valence-corrected chi connectivity index (χ1v) is 6.40. The van der Waals surface area contributed by atoms with Crippen molar-refractivity contribution in [2.24, 2.45) is 0 Å². The van der Waals surface area contributed by atoms with Gasteiger partial charge in [0.2, 0.25) is 0 Å². The molecule has 0 saturated carbocycles. The van der Waals surface area contributed by atoms with Crippen LogP contribution in [-0.4, -0.2) is 11.1 Å². The first-order valence-electron chi connectivity index (χ1n) is 6.40. The average Bonchev–Trinajstić information content (AvgIpc) is 2.38. The minimum absolute atomic E-state index is 0.195. The molecular formula is C17H18O2. The standard InChI is InChI=1S/C17H18O2/c1-11-7-4-5-8-14(11)12(2)15-9-6-10-16(13(15)3)17(18)19/h4-10,12H,1-3H3,(H,18,19). The van der Waals surface area contributed by atoms with E-state index in [9.17, 15) is 9.90 Å². The van der Waals surface area contributed by atoms with Crippen LogP contribution in [0.5, 0.6) is 0 Å². The summed E-state index contributed by atoms with van der Waals surface area (Å²) in [5, 5.41) is 9.20. The Balaban J connectivity index is 2.51. The van der Waals surface area contributed by atoms with E-state index in [1.54, 1.807) is 6.07 Å². The van der Waals surface area contributed by atoms with Crippen molar-refractivity contribution >= 4 is 5.97 Å². The highest BCUT2D eigenvalue weighted by molar-refractivity contribution is 5.89. The van der Waals surface area contributed by atoms with Crippen molar-refractivity contribution < 1.29 is 9.90 Å². The summed E-state index contributed by atoms with van der Waals surface area (Å²) in [4.78, 5) is 11.2. The van der Waals surface area contributed by atoms with Crippen LogP contribution in [0.1, 0.15) is 45.5 Å². The summed E-state index contributed by atoms with van der Waals surface area (Å²) < 4.78 is 0. The van der Waals surface area contributed by atoms with Crippen LogP contribution >= 0.6 is 0 Å². The van der Waals surface area contributed by atoms with Crippen molar-refractivity contribution in [3.05, 3.63) is 70.3 Å². The number of rotatable bonds is 3. The Kier molecular flexibility index (Phi) is 3.70. The van der Waals surface area contributed by atoms with E-state index in [2.05, 4.69) is 26.0 Å². The molecule has 19 heavy (non-hydrogen) atoms. The van der Waals surface area contributed by atoms with Crippen LogP contribution in [0, 0.1) is 13.8 Å². The molecule has 0 heterocycles. The molecule has 2 nitrogen and oxygen atoms in total. The fourth-order valence-corrected chi connectivity index (χ4v) is 2.59. The third-order valence-corrected chi connectivity index (χ3v) is 3.73. The normalized spacial score (nSPS) is 12.2. The van der Waals surface area contributed by atoms with E-state index in [-0.39, 0.29) is 5.92 Å². The first-order chi connectivity index (χ1) is 9.02. The Hall–Kier alpha value is -2.09. The van der Waals surface area contributed by atoms with Crippen molar-refractivity contribution in [1.29, 1.82) is 0 Å². The number of hydrogen-bond donors (Lipinski definition) is 1. The second-order valence-electron chi connectivity index (χ2n) is 4.90. The van der Waals surface area contributed by atoms with Gasteiger partial charge in [0.25, 0.3) is 0 Å². The number of carbonyl (C=O) groups is 1. The average molecular weight is 254 g/mol. The van der Waals surface area contributed by atoms with Crippen molar-refractivity contribution in [2.75, 3.05) is 0 Å². The molecule has 0 aliphatic rings. The van der Waals surface area contributed by atoms with Gasteiger partial charge in [-0.05, 0) is 42.2 Å². The molecule has 2 aromatic carbocycles. The Morgan fingerprint density at radius 2 is 1.63 bits per heavy atom. The van der Waals surface area contributed by atoms with Gasteiger partial charge in [0.15, 0.2) is 0 Å². The predicted octanol–water partition coefficient (Wildman–Crippen LogP) is 4.15. The number of carboxylic acid groups (broad SMARTS) is 1. The summed E-state index contributed by atoms with van der Waals surface area (Å²) in [5.74, 6) is -0.670. The van der Waals surface area contributed by atoms with Crippen LogP contribution in [0.4, 0.5) is 0 Å². The molecule has 1 unspecified atom stereocenters. The fraction of sp³-hybridized carbons (Fsp3) is 0.235. The number of hydrogen-bond acceptors (Lipinski definition) is 1. The molecule has 0 aliphatic carbocycles. The zero-order valence-electron chi connectivity index (χ0n) is 11.5. The van der Waals surface area contributed by atoms with E-state index in [0.29, 0.717) is 5.56 Å². The number of aryl methyl sites for hydroxylation is 1. The SMILES string of the molecule is Cc1ccccc1C(C)c1cccc(C(=O)O)c1C. The van der Waals surface area contributed by atoms with E-state index in [1.165, 1.54) is 11.1 Å². The largest absolute Gasteiger partial charge is 0.478 e. The van der Waals surface area contributed by atoms with Crippen LogP contribution in [0.3, 0.4) is 0 Å². The van der Waals surface area contributed by atoms with E-state index in [0.717, 1.165) is 11.1 Å². The van der Waals surface area contributed by atoms with Gasteiger partial charge in [-0.15, -0.1) is 0 Å². The second kappa shape index (κ2) is 5.27. The maximum Gasteiger partial charge on any atom is 0.335 e. The predicted molar refractivity (Wildman–Crippen MR) is 76.8 cm³/mol. The van der Waals surface area contributed by atoms with Gasteiger partial charge < -0.3 is 5.11 Å². The maximum absolute atomic E-state index is 11.2. The lowest BCUT2D eigenvalue weighted by atomic mass is 9.86. The van der Waals surface area contributed by atoms with Crippen molar-refractivity contribution in [1.82, 2.24) is 0 Å². The smallest absolute Gasteiger partial charge is 0.335 e. The van der Waals surface area contributed by atoms with E-state index < -0.39 is 5.97 Å². The lowest BCUT2D eigenvalue weighted by Gasteiger charge is -2.18. The summed E-state index contributed by atoms with van der Waals surface area (Å²) >= 11 is 0. The van der Waals surface area contributed by atoms with Gasteiger partial charge in [0.05, 0.1) is 5.56 Å². The van der Waals surface area contributed by atoms with Crippen LogP contribution in [0.15, 0.2) is 42.5 Å². The molecule has 98 valence electrons. The highest BCUT2D eigenvalue weighted by Crippen LogP contribution is 2.30. The minimum Gasteiger partial charge on any atom is -0.478 e. The zero-order chi connectivity index (χ0) is 14.0. The van der Waals surface area contributed by atoms with Crippen molar-refractivity contribution in [3.63, 3.8) is 0 Å². The number of benzene rings is 2. The first kappa shape index (κ1) is 13.3. The van der Waals surface area contributed by atoms with Crippen LogP contribution in [0.25, 0.3) is 0 Å². The Labute approximate surface area is 113 Å². The Morgan fingerprint density at radius 1 is 1.00 bits per heavy atom. The van der Waals surface area contributed by atoms with Crippen LogP contribution in [-0.2, 0) is 0 Å². The minimum atomic E-state index is -0.865. The summed E-state index contributed by atoms with van der Waals surface area (Å²) in [6.07, 6.45) is 0. The third kappa shape index (κ3) is 2.53. The van der Waals surface area contributed by atoms with E-state index in [4.69, 9.17) is 0 Å². The summed E-state index contributed by atoms with van der Waals surface area (Å²) in [5.41, 5.74) is 4.79. The lowest BCUT2D eigenvalue weighted by Crippen LogP contribution is -2.06. The topological polar surface area (TPSA) is 37.3 Å². The molecule has 0 radical (unpaired) electrons. The van der Waals surface area contributed by atoms with Gasteiger partial charge in [0, 0.05) is 5.92 Å². The maximum atomic E-state index is 11.2. The molecule has 1 N–H and O–H groups in total. The molecule has 1 atom stereocenters. The second-order valence-corrected chi connectivity index (χ2v) is 4.90. The number of aromatic carboxylic acids is 1. The van der Waals surface area contributed by atoms with Gasteiger partial charge in [-0.2, -0.15) is 0 Å². The summed E-state index contributed by atoms with van der Waals surface area (Å²) in [6, 6.07) is 13.7. The molecule has 0 aromatic heterocycles. The van der Waals surface area contributed by atoms with E-state index >= 15 is 0 Å². The molecule has 2 rings (SSSR count). The zero-order valence-corrected chi connectivity index (χ0v) is 11.5. The fourth-order valence-electron chi connectivity index (χ4n) is 2.59. The van der Waals surface area contributed by atoms with Gasteiger partial charge in [0.1, 0.15) is 0 Å². The highest BCUT2D eigenvalue weighted by Gasteiger charge is 2.16. The number of carboxylic acids is 1. The Bertz CT molecular complexity index is 614. The van der Waals surface area contributed by atoms with Gasteiger partial charge in [-0.25, -0.2) is 4.79 Å². The van der Waals surface area contributed by atoms with Crippen LogP contribution in [0.2, 0.25) is 0 Å². The summed E-state index contributed by atoms with van der Waals surface area (Å²) in [7, 11) is 0. The lowest BCUT2D eigenvalue weighted by molar-refractivity contribution is 0.0696. The van der Waals surface area contributed by atoms with E-state index in [1.807, 2.05) is 31.2 Å². The molecule has 0 saturated heterocycles. The van der Waals surface area contributed by atoms with Crippen molar-refractivity contribution in [3.8, 4) is 0 Å². The molecule has 0 fully saturated rings.